The van der Waals surface area contributed by atoms with Gasteiger partial charge in [-0.1, -0.05) is 6.07 Å². The Morgan fingerprint density at radius 3 is 2.76 bits per heavy atom. The first kappa shape index (κ1) is 13.2. The van der Waals surface area contributed by atoms with Gasteiger partial charge in [-0.25, -0.2) is 0 Å². The smallest absolute Gasteiger partial charge is 0.251 e. The maximum Gasteiger partial charge on any atom is 0.251 e. The zero-order valence-corrected chi connectivity index (χ0v) is 9.82. The lowest BCUT2D eigenvalue weighted by Crippen LogP contribution is -2.26. The van der Waals surface area contributed by atoms with Crippen molar-refractivity contribution in [3.05, 3.63) is 29.8 Å². The van der Waals surface area contributed by atoms with Crippen molar-refractivity contribution in [1.29, 1.82) is 0 Å². The van der Waals surface area contributed by atoms with Crippen molar-refractivity contribution in [1.82, 2.24) is 5.32 Å². The van der Waals surface area contributed by atoms with Crippen LogP contribution in [0.5, 0.6) is 0 Å². The molecule has 0 bridgehead atoms. The van der Waals surface area contributed by atoms with Crippen molar-refractivity contribution in [3.8, 4) is 0 Å². The highest BCUT2D eigenvalue weighted by atomic mass is 16.2. The van der Waals surface area contributed by atoms with Crippen LogP contribution < -0.4 is 16.4 Å². The van der Waals surface area contributed by atoms with Crippen molar-refractivity contribution in [3.63, 3.8) is 0 Å². The summed E-state index contributed by atoms with van der Waals surface area (Å²) in [6.45, 7) is 2.53. The van der Waals surface area contributed by atoms with Crippen LogP contribution in [-0.2, 0) is 4.79 Å². The average molecular weight is 235 g/mol. The minimum atomic E-state index is -0.161. The predicted octanol–water partition coefficient (Wildman–Crippen LogP) is 0.724. The van der Waals surface area contributed by atoms with Crippen LogP contribution in [0.4, 0.5) is 5.69 Å². The number of benzene rings is 1. The summed E-state index contributed by atoms with van der Waals surface area (Å²) in [5, 5.41) is 5.38. The summed E-state index contributed by atoms with van der Waals surface area (Å²) < 4.78 is 0. The van der Waals surface area contributed by atoms with Crippen LogP contribution in [0.2, 0.25) is 0 Å². The molecule has 2 amide bonds. The second-order valence-corrected chi connectivity index (χ2v) is 3.66. The fourth-order valence-electron chi connectivity index (χ4n) is 1.35. The van der Waals surface area contributed by atoms with Gasteiger partial charge in [0.25, 0.3) is 5.91 Å². The Bertz CT molecular complexity index is 404. The van der Waals surface area contributed by atoms with E-state index in [9.17, 15) is 9.59 Å². The highest BCUT2D eigenvalue weighted by molar-refractivity contribution is 5.96. The van der Waals surface area contributed by atoms with E-state index in [1.165, 1.54) is 6.92 Å². The molecule has 0 radical (unpaired) electrons. The molecule has 0 aliphatic heterocycles. The third-order valence-electron chi connectivity index (χ3n) is 2.11. The summed E-state index contributed by atoms with van der Waals surface area (Å²) in [6.07, 6.45) is 0.747. The number of hydrogen-bond acceptors (Lipinski definition) is 3. The summed E-state index contributed by atoms with van der Waals surface area (Å²) in [7, 11) is 0. The molecule has 0 unspecified atom stereocenters. The Hall–Kier alpha value is -1.88. The molecule has 1 aromatic rings. The highest BCUT2D eigenvalue weighted by Crippen LogP contribution is 2.10. The summed E-state index contributed by atoms with van der Waals surface area (Å²) in [5.74, 6) is -0.323. The molecule has 0 aliphatic carbocycles. The SMILES string of the molecule is CC(=O)Nc1cccc(C(=O)NCCCN)c1. The van der Waals surface area contributed by atoms with Gasteiger partial charge in [0.1, 0.15) is 0 Å². The van der Waals surface area contributed by atoms with Crippen LogP contribution in [0, 0.1) is 0 Å². The second-order valence-electron chi connectivity index (χ2n) is 3.66. The number of rotatable bonds is 5. The van der Waals surface area contributed by atoms with Gasteiger partial charge in [0.05, 0.1) is 0 Å². The number of carbonyl (C=O) groups is 2. The highest BCUT2D eigenvalue weighted by Gasteiger charge is 2.05. The van der Waals surface area contributed by atoms with Crippen LogP contribution in [0.25, 0.3) is 0 Å². The number of hydrogen-bond donors (Lipinski definition) is 3. The lowest BCUT2D eigenvalue weighted by Gasteiger charge is -2.06. The minimum Gasteiger partial charge on any atom is -0.352 e. The van der Waals surface area contributed by atoms with Crippen LogP contribution >= 0.6 is 0 Å². The van der Waals surface area contributed by atoms with Gasteiger partial charge in [0.2, 0.25) is 5.91 Å². The zero-order chi connectivity index (χ0) is 12.7. The fourth-order valence-corrected chi connectivity index (χ4v) is 1.35. The molecule has 0 saturated carbocycles. The van der Waals surface area contributed by atoms with E-state index in [4.69, 9.17) is 5.73 Å². The maximum absolute atomic E-state index is 11.7. The Kier molecular flexibility index (Phi) is 5.16. The van der Waals surface area contributed by atoms with E-state index in [-0.39, 0.29) is 11.8 Å². The van der Waals surface area contributed by atoms with Gasteiger partial charge >= 0.3 is 0 Å². The molecule has 0 saturated heterocycles. The van der Waals surface area contributed by atoms with Gasteiger partial charge in [-0.05, 0) is 31.2 Å². The number of nitrogens with two attached hydrogens (primary N) is 1. The Morgan fingerprint density at radius 2 is 2.12 bits per heavy atom. The molecule has 0 aromatic heterocycles. The fraction of sp³-hybridized carbons (Fsp3) is 0.333. The first-order valence-corrected chi connectivity index (χ1v) is 5.49. The van der Waals surface area contributed by atoms with Crippen LogP contribution in [0.3, 0.4) is 0 Å². The third-order valence-corrected chi connectivity index (χ3v) is 2.11. The molecule has 0 aliphatic rings. The van der Waals surface area contributed by atoms with Crippen LogP contribution in [0.15, 0.2) is 24.3 Å². The van der Waals surface area contributed by atoms with Crippen LogP contribution in [-0.4, -0.2) is 24.9 Å². The van der Waals surface area contributed by atoms with Gasteiger partial charge in [0.15, 0.2) is 0 Å². The summed E-state index contributed by atoms with van der Waals surface area (Å²) >= 11 is 0. The van der Waals surface area contributed by atoms with Crippen molar-refractivity contribution in [2.24, 2.45) is 5.73 Å². The number of anilines is 1. The van der Waals surface area contributed by atoms with Crippen molar-refractivity contribution >= 4 is 17.5 Å². The normalized spacial score (nSPS) is 9.76. The molecule has 0 atom stereocenters. The van der Waals surface area contributed by atoms with Gasteiger partial charge < -0.3 is 16.4 Å². The van der Waals surface area contributed by atoms with Crippen LogP contribution in [0.1, 0.15) is 23.7 Å². The van der Waals surface area contributed by atoms with E-state index in [0.29, 0.717) is 24.3 Å². The predicted molar refractivity (Wildman–Crippen MR) is 66.8 cm³/mol. The Morgan fingerprint density at radius 1 is 1.35 bits per heavy atom. The molecule has 0 fully saturated rings. The lowest BCUT2D eigenvalue weighted by molar-refractivity contribution is -0.114. The molecular weight excluding hydrogens is 218 g/mol. The lowest BCUT2D eigenvalue weighted by atomic mass is 10.2. The number of amides is 2. The van der Waals surface area contributed by atoms with E-state index >= 15 is 0 Å². The topological polar surface area (TPSA) is 84.2 Å². The summed E-state index contributed by atoms with van der Waals surface area (Å²) in [5.41, 5.74) is 6.47. The largest absolute Gasteiger partial charge is 0.352 e. The molecule has 1 rings (SSSR count). The Labute approximate surface area is 100 Å². The summed E-state index contributed by atoms with van der Waals surface area (Å²) in [6, 6.07) is 6.80. The first-order valence-electron chi connectivity index (χ1n) is 5.49. The molecule has 92 valence electrons. The van der Waals surface area contributed by atoms with E-state index in [1.54, 1.807) is 24.3 Å². The van der Waals surface area contributed by atoms with Crippen molar-refractivity contribution < 1.29 is 9.59 Å². The van der Waals surface area contributed by atoms with Gasteiger partial charge in [-0.3, -0.25) is 9.59 Å². The second kappa shape index (κ2) is 6.65. The first-order chi connectivity index (χ1) is 8.13. The molecule has 4 N–H and O–H groups in total. The molecule has 1 aromatic carbocycles. The van der Waals surface area contributed by atoms with E-state index in [2.05, 4.69) is 10.6 Å². The minimum absolute atomic E-state index is 0.161. The molecular formula is C12H17N3O2. The van der Waals surface area contributed by atoms with E-state index in [0.717, 1.165) is 6.42 Å². The maximum atomic E-state index is 11.7. The average Bonchev–Trinajstić information content (AvgIpc) is 2.28. The molecule has 17 heavy (non-hydrogen) atoms. The molecule has 0 spiro atoms. The monoisotopic (exact) mass is 235 g/mol. The summed E-state index contributed by atoms with van der Waals surface area (Å²) in [4.78, 5) is 22.6. The van der Waals surface area contributed by atoms with Crippen molar-refractivity contribution in [2.75, 3.05) is 18.4 Å². The Balaban J connectivity index is 2.63. The van der Waals surface area contributed by atoms with Crippen molar-refractivity contribution in [2.45, 2.75) is 13.3 Å². The van der Waals surface area contributed by atoms with Gasteiger partial charge in [-0.15, -0.1) is 0 Å². The third kappa shape index (κ3) is 4.65. The number of nitrogens with one attached hydrogen (secondary N) is 2. The van der Waals surface area contributed by atoms with Gasteiger partial charge in [-0.2, -0.15) is 0 Å². The standard InChI is InChI=1S/C12H17N3O2/c1-9(16)15-11-5-2-4-10(8-11)12(17)14-7-3-6-13/h2,4-5,8H,3,6-7,13H2,1H3,(H,14,17)(H,15,16). The number of carbonyl (C=O) groups excluding carboxylic acids is 2. The molecule has 5 heteroatoms. The van der Waals surface area contributed by atoms with E-state index < -0.39 is 0 Å². The van der Waals surface area contributed by atoms with Gasteiger partial charge in [0, 0.05) is 24.7 Å². The quantitative estimate of drug-likeness (QED) is 0.657. The molecule has 5 nitrogen and oxygen atoms in total. The zero-order valence-electron chi connectivity index (χ0n) is 9.82. The molecule has 0 heterocycles. The van der Waals surface area contributed by atoms with E-state index in [1.807, 2.05) is 0 Å².